The summed E-state index contributed by atoms with van der Waals surface area (Å²) >= 11 is 1.10. The van der Waals surface area contributed by atoms with E-state index < -0.39 is 0 Å². The Labute approximate surface area is 102 Å². The molecule has 22 valence electrons. The van der Waals surface area contributed by atoms with E-state index in [2.05, 4.69) is 0 Å². The Morgan fingerprint density at radius 3 is 1.25 bits per heavy atom. The minimum absolute atomic E-state index is 0. The molecule has 0 fully saturated rings. The van der Waals surface area contributed by atoms with Gasteiger partial charge in [0.1, 0.15) is 0 Å². The van der Waals surface area contributed by atoms with E-state index in [1.807, 2.05) is 0 Å². The normalized spacial score (nSPS) is 1.25. The molecule has 0 rings (SSSR count). The molecule has 1 nitrogen and oxygen atoms in total. The summed E-state index contributed by atoms with van der Waals surface area (Å²) < 4.78 is 8.18. The number of hydrogen-bond acceptors (Lipinski definition) is 1. The van der Waals surface area contributed by atoms with Crippen molar-refractivity contribution < 1.29 is 21.8 Å². The molecule has 0 heterocycles. The van der Waals surface area contributed by atoms with Crippen molar-refractivity contribution in [1.29, 1.82) is 0 Å². The van der Waals surface area contributed by atoms with Crippen molar-refractivity contribution in [1.82, 2.24) is 0 Å². The molecule has 0 unspecified atom stereocenters. The molecule has 0 atom stereocenters. The van der Waals surface area contributed by atoms with Crippen LogP contribution in [-0.4, -0.2) is 83.2 Å². The SMILES string of the molecule is [CaH2].[O]=[Ru].[SrH2]. The van der Waals surface area contributed by atoms with Crippen LogP contribution in [0.4, 0.5) is 0 Å². The van der Waals surface area contributed by atoms with Gasteiger partial charge in [-0.3, -0.25) is 0 Å². The summed E-state index contributed by atoms with van der Waals surface area (Å²) in [7, 11) is 0. The molecule has 0 aliphatic rings. The molecule has 0 aliphatic heterocycles. The van der Waals surface area contributed by atoms with E-state index in [9.17, 15) is 0 Å². The van der Waals surface area contributed by atoms with Gasteiger partial charge in [0.25, 0.3) is 0 Å². The van der Waals surface area contributed by atoms with Crippen molar-refractivity contribution in [3.8, 4) is 0 Å². The zero-order valence-corrected chi connectivity index (χ0v) is 2.50. The summed E-state index contributed by atoms with van der Waals surface area (Å²) in [6, 6.07) is 0. The first-order valence-electron chi connectivity index (χ1n) is 0.144. The van der Waals surface area contributed by atoms with Gasteiger partial charge in [-0.15, -0.1) is 0 Å². The van der Waals surface area contributed by atoms with Gasteiger partial charge >= 0.3 is 105 Å². The summed E-state index contributed by atoms with van der Waals surface area (Å²) in [6.07, 6.45) is 0. The number of rotatable bonds is 0. The van der Waals surface area contributed by atoms with Crippen molar-refractivity contribution in [2.75, 3.05) is 0 Å². The predicted octanol–water partition coefficient (Wildman–Crippen LogP) is -1.95. The zero-order valence-electron chi connectivity index (χ0n) is 0.762. The molecule has 0 N–H and O–H groups in total. The van der Waals surface area contributed by atoms with Crippen LogP contribution in [0.25, 0.3) is 0 Å². The van der Waals surface area contributed by atoms with Gasteiger partial charge in [0.15, 0.2) is 0 Å². The van der Waals surface area contributed by atoms with Crippen molar-refractivity contribution >= 4 is 83.2 Å². The zero-order chi connectivity index (χ0) is 2.00. The van der Waals surface area contributed by atoms with Crippen LogP contribution in [0.5, 0.6) is 0 Å². The van der Waals surface area contributed by atoms with Crippen LogP contribution < -0.4 is 0 Å². The first-order valence-corrected chi connectivity index (χ1v) is 0.854. The Balaban J connectivity index is -0.00000000500. The third kappa shape index (κ3) is 8.94. The van der Waals surface area contributed by atoms with E-state index in [0.717, 1.165) is 18.3 Å². The Morgan fingerprint density at radius 1 is 1.25 bits per heavy atom. The standard InChI is InChI=1S/Ca.O.Ru.Sr.4H. The molecule has 0 aromatic carbocycles. The monoisotopic (exact) mass is 250 g/mol. The van der Waals surface area contributed by atoms with Crippen LogP contribution in [0.2, 0.25) is 0 Å². The minimum atomic E-state index is 0. The van der Waals surface area contributed by atoms with Crippen LogP contribution in [0.1, 0.15) is 0 Å². The predicted molar refractivity (Wildman–Crippen MR) is 17.8 cm³/mol. The molecule has 0 aliphatic carbocycles. The maximum atomic E-state index is 8.18. The average molecular weight is 249 g/mol. The van der Waals surface area contributed by atoms with Gasteiger partial charge in [0.05, 0.1) is 0 Å². The fourth-order valence-corrected chi connectivity index (χ4v) is 0. The van der Waals surface area contributed by atoms with E-state index in [4.69, 9.17) is 3.57 Å². The molecule has 0 aromatic heterocycles. The van der Waals surface area contributed by atoms with Crippen molar-refractivity contribution in [2.24, 2.45) is 0 Å². The quantitative estimate of drug-likeness (QED) is 0.456. The maximum absolute atomic E-state index is 8.18. The van der Waals surface area contributed by atoms with Gasteiger partial charge in [-0.2, -0.15) is 0 Å². The van der Waals surface area contributed by atoms with Gasteiger partial charge in [-0.1, -0.05) is 0 Å². The molecule has 4 heteroatoms. The fourth-order valence-electron chi connectivity index (χ4n) is 0. The third-order valence-corrected chi connectivity index (χ3v) is 0. The first kappa shape index (κ1) is 15.7. The van der Waals surface area contributed by atoms with Crippen LogP contribution in [0.3, 0.4) is 0 Å². The molecular formula is H4CaORuSr. The van der Waals surface area contributed by atoms with E-state index >= 15 is 0 Å². The van der Waals surface area contributed by atoms with Gasteiger partial charge in [-0.25, -0.2) is 0 Å². The molecule has 0 bridgehead atoms. The van der Waals surface area contributed by atoms with Crippen LogP contribution >= 0.6 is 0 Å². The molecule has 0 aromatic rings. The van der Waals surface area contributed by atoms with E-state index in [1.165, 1.54) is 0 Å². The molecule has 0 amide bonds. The summed E-state index contributed by atoms with van der Waals surface area (Å²) in [6.45, 7) is 0. The molecule has 0 saturated heterocycles. The topological polar surface area (TPSA) is 17.1 Å². The Kier molecular flexibility index (Phi) is 64.4. The Morgan fingerprint density at radius 2 is 1.25 bits per heavy atom. The second-order valence-corrected chi connectivity index (χ2v) is 0. The summed E-state index contributed by atoms with van der Waals surface area (Å²) in [5, 5.41) is 0. The average Bonchev–Trinajstić information content (AvgIpc) is 1.00. The molecule has 0 saturated carbocycles. The van der Waals surface area contributed by atoms with Gasteiger partial charge < -0.3 is 0 Å². The van der Waals surface area contributed by atoms with E-state index in [1.54, 1.807) is 0 Å². The van der Waals surface area contributed by atoms with Crippen molar-refractivity contribution in [2.45, 2.75) is 0 Å². The number of hydrogen-bond donors (Lipinski definition) is 0. The molecular weight excluding hydrogens is 245 g/mol. The van der Waals surface area contributed by atoms with Crippen LogP contribution in [0, 0.1) is 0 Å². The van der Waals surface area contributed by atoms with Crippen LogP contribution in [-0.2, 0) is 21.8 Å². The summed E-state index contributed by atoms with van der Waals surface area (Å²) in [5.41, 5.74) is 0. The second-order valence-electron chi connectivity index (χ2n) is 0. The van der Waals surface area contributed by atoms with E-state index in [0.29, 0.717) is 0 Å². The first-order chi connectivity index (χ1) is 1.00. The Bertz CT molecular complexity index is 8.00. The third-order valence-electron chi connectivity index (χ3n) is 0. The summed E-state index contributed by atoms with van der Waals surface area (Å²) in [5.74, 6) is 0. The molecule has 0 radical (unpaired) electrons. The summed E-state index contributed by atoms with van der Waals surface area (Å²) in [4.78, 5) is 0. The Hall–Kier alpha value is 3.16. The molecule has 0 spiro atoms. The van der Waals surface area contributed by atoms with Gasteiger partial charge in [-0.05, 0) is 0 Å². The fraction of sp³-hybridized carbons (Fsp3) is 0. The second kappa shape index (κ2) is 16.4. The van der Waals surface area contributed by atoms with Gasteiger partial charge in [0.2, 0.25) is 0 Å². The van der Waals surface area contributed by atoms with Crippen molar-refractivity contribution in [3.05, 3.63) is 0 Å². The molecule has 4 heavy (non-hydrogen) atoms. The van der Waals surface area contributed by atoms with E-state index in [-0.39, 0.29) is 83.2 Å². The van der Waals surface area contributed by atoms with Crippen LogP contribution in [0.15, 0.2) is 0 Å². The van der Waals surface area contributed by atoms with Gasteiger partial charge in [0, 0.05) is 0 Å². The van der Waals surface area contributed by atoms with Crippen molar-refractivity contribution in [3.63, 3.8) is 0 Å².